The van der Waals surface area contributed by atoms with Crippen LogP contribution in [0.3, 0.4) is 0 Å². The third-order valence-electron chi connectivity index (χ3n) is 7.46. The fourth-order valence-electron chi connectivity index (χ4n) is 4.85. The first-order chi connectivity index (χ1) is 19.1. The molecule has 0 atom stereocenters. The first-order valence-corrected chi connectivity index (χ1v) is 13.6. The number of hydrogen-bond acceptors (Lipinski definition) is 4. The van der Waals surface area contributed by atoms with Crippen molar-refractivity contribution < 1.29 is 45.7 Å². The molecule has 0 fully saturated rings. The van der Waals surface area contributed by atoms with Crippen LogP contribution < -0.4 is 4.74 Å². The molecule has 2 aromatic carbocycles. The Kier molecular flexibility index (Phi) is 11.5. The number of rotatable bonds is 13. The quantitative estimate of drug-likeness (QED) is 0.145. The third kappa shape index (κ3) is 7.84. The summed E-state index contributed by atoms with van der Waals surface area (Å²) in [6.07, 6.45) is -8.38. The SMILES string of the molecule is CCOC(=O)CCCCOc1ccc(C(CC)(CC)c2ccc(/C=C/C(O)(C(F)(F)F)C(F)(F)F)c(C)c2)cc1C. The minimum absolute atomic E-state index is 0.129. The summed E-state index contributed by atoms with van der Waals surface area (Å²) >= 11 is 0. The van der Waals surface area contributed by atoms with Gasteiger partial charge in [-0.15, -0.1) is 0 Å². The Morgan fingerprint density at radius 3 is 1.90 bits per heavy atom. The zero-order chi connectivity index (χ0) is 31.1. The van der Waals surface area contributed by atoms with E-state index in [4.69, 9.17) is 9.47 Å². The summed E-state index contributed by atoms with van der Waals surface area (Å²) in [7, 11) is 0. The second-order valence-electron chi connectivity index (χ2n) is 10.0. The van der Waals surface area contributed by atoms with Crippen LogP contribution in [0, 0.1) is 13.8 Å². The average molecular weight is 589 g/mol. The minimum atomic E-state index is -5.93. The predicted octanol–water partition coefficient (Wildman–Crippen LogP) is 8.39. The largest absolute Gasteiger partial charge is 0.493 e. The number of carbonyl (C=O) groups is 1. The van der Waals surface area contributed by atoms with Crippen LogP contribution in [0.15, 0.2) is 42.5 Å². The van der Waals surface area contributed by atoms with Gasteiger partial charge in [0.25, 0.3) is 5.60 Å². The molecule has 0 amide bonds. The molecule has 0 aliphatic heterocycles. The second kappa shape index (κ2) is 13.8. The summed E-state index contributed by atoms with van der Waals surface area (Å²) in [6.45, 7) is 10.1. The normalized spacial score (nSPS) is 13.1. The van der Waals surface area contributed by atoms with Gasteiger partial charge < -0.3 is 14.6 Å². The van der Waals surface area contributed by atoms with Gasteiger partial charge in [0.1, 0.15) is 5.75 Å². The Balaban J connectivity index is 2.29. The van der Waals surface area contributed by atoms with Crippen molar-refractivity contribution in [3.05, 3.63) is 70.3 Å². The topological polar surface area (TPSA) is 55.8 Å². The molecule has 0 heterocycles. The lowest BCUT2D eigenvalue weighted by atomic mass is 9.70. The molecular weight excluding hydrogens is 550 g/mol. The molecule has 0 unspecified atom stereocenters. The van der Waals surface area contributed by atoms with Crippen molar-refractivity contribution in [2.24, 2.45) is 0 Å². The minimum Gasteiger partial charge on any atom is -0.493 e. The molecule has 41 heavy (non-hydrogen) atoms. The molecule has 228 valence electrons. The number of alkyl halides is 6. The lowest BCUT2D eigenvalue weighted by molar-refractivity contribution is -0.347. The smallest absolute Gasteiger partial charge is 0.430 e. The van der Waals surface area contributed by atoms with Gasteiger partial charge in [-0.3, -0.25) is 4.79 Å². The molecule has 0 aliphatic rings. The highest BCUT2D eigenvalue weighted by atomic mass is 19.4. The lowest BCUT2D eigenvalue weighted by Crippen LogP contribution is -2.55. The number of benzene rings is 2. The van der Waals surface area contributed by atoms with Crippen LogP contribution in [0.2, 0.25) is 0 Å². The van der Waals surface area contributed by atoms with Crippen LogP contribution >= 0.6 is 0 Å². The number of esters is 1. The molecule has 10 heteroatoms. The first kappa shape index (κ1) is 34.2. The van der Waals surface area contributed by atoms with E-state index in [1.54, 1.807) is 26.0 Å². The Bertz CT molecular complexity index is 1180. The fourth-order valence-corrected chi connectivity index (χ4v) is 4.85. The number of aryl methyl sites for hydroxylation is 2. The maximum atomic E-state index is 13.1. The fraction of sp³-hybridized carbons (Fsp3) is 0.516. The molecule has 4 nitrogen and oxygen atoms in total. The Hall–Kier alpha value is -3.01. The van der Waals surface area contributed by atoms with Crippen LogP contribution in [0.1, 0.15) is 80.7 Å². The molecule has 0 saturated heterocycles. The van der Waals surface area contributed by atoms with Crippen molar-refractivity contribution in [1.82, 2.24) is 0 Å². The van der Waals surface area contributed by atoms with Crippen LogP contribution in [-0.4, -0.2) is 42.2 Å². The van der Waals surface area contributed by atoms with Gasteiger partial charge in [-0.1, -0.05) is 50.3 Å². The predicted molar refractivity (Wildman–Crippen MR) is 146 cm³/mol. The molecule has 2 rings (SSSR count). The number of carbonyl (C=O) groups excluding carboxylic acids is 1. The van der Waals surface area contributed by atoms with Gasteiger partial charge in [-0.05, 0) is 86.4 Å². The molecule has 2 aromatic rings. The van der Waals surface area contributed by atoms with Gasteiger partial charge in [0.15, 0.2) is 0 Å². The summed E-state index contributed by atoms with van der Waals surface area (Å²) in [6, 6.07) is 10.8. The van der Waals surface area contributed by atoms with Gasteiger partial charge in [0, 0.05) is 11.8 Å². The van der Waals surface area contributed by atoms with Crippen molar-refractivity contribution in [2.75, 3.05) is 13.2 Å². The molecule has 0 radical (unpaired) electrons. The van der Waals surface area contributed by atoms with Gasteiger partial charge >= 0.3 is 18.3 Å². The van der Waals surface area contributed by atoms with E-state index in [0.717, 1.165) is 16.7 Å². The number of halogens is 6. The van der Waals surface area contributed by atoms with Crippen molar-refractivity contribution in [1.29, 1.82) is 0 Å². The zero-order valence-electron chi connectivity index (χ0n) is 24.0. The third-order valence-corrected chi connectivity index (χ3v) is 7.46. The lowest BCUT2D eigenvalue weighted by Gasteiger charge is -2.34. The van der Waals surface area contributed by atoms with E-state index < -0.39 is 23.4 Å². The average Bonchev–Trinajstić information content (AvgIpc) is 2.88. The summed E-state index contributed by atoms with van der Waals surface area (Å²) in [5.41, 5.74) is -2.04. The van der Waals surface area contributed by atoms with Gasteiger partial charge in [0.2, 0.25) is 0 Å². The Labute approximate surface area is 237 Å². The van der Waals surface area contributed by atoms with Crippen molar-refractivity contribution in [2.45, 2.75) is 90.1 Å². The highest BCUT2D eigenvalue weighted by Gasteiger charge is 2.68. The summed E-state index contributed by atoms with van der Waals surface area (Å²) in [5, 5.41) is 9.45. The summed E-state index contributed by atoms with van der Waals surface area (Å²) in [4.78, 5) is 11.5. The number of ether oxygens (including phenoxy) is 2. The highest BCUT2D eigenvalue weighted by Crippen LogP contribution is 2.45. The molecule has 1 N–H and O–H groups in total. The van der Waals surface area contributed by atoms with E-state index in [9.17, 15) is 36.2 Å². The molecular formula is C31H38F6O4. The van der Waals surface area contributed by atoms with Crippen molar-refractivity contribution >= 4 is 12.0 Å². The molecule has 0 aliphatic carbocycles. The first-order valence-electron chi connectivity index (χ1n) is 13.6. The van der Waals surface area contributed by atoms with Crippen LogP contribution in [0.25, 0.3) is 6.08 Å². The summed E-state index contributed by atoms with van der Waals surface area (Å²) < 4.78 is 89.3. The van der Waals surface area contributed by atoms with E-state index in [-0.39, 0.29) is 17.6 Å². The second-order valence-corrected chi connectivity index (χ2v) is 10.0. The number of aliphatic hydroxyl groups is 1. The highest BCUT2D eigenvalue weighted by molar-refractivity contribution is 5.69. The standard InChI is InChI=1S/C31H38F6O4/c1-6-28(7-2,25-14-15-26(22(5)20-25)41-18-10-9-11-27(38)40-8-3)24-13-12-23(21(4)19-24)16-17-29(39,30(32,33)34)31(35,36)37/h12-17,19-20,39H,6-11,18H2,1-5H3/b17-16+. The number of unbranched alkanes of at least 4 members (excludes halogenated alkanes) is 1. The Morgan fingerprint density at radius 1 is 0.854 bits per heavy atom. The van der Waals surface area contributed by atoms with Crippen LogP contribution in [-0.2, 0) is 14.9 Å². The van der Waals surface area contributed by atoms with E-state index in [2.05, 4.69) is 0 Å². The van der Waals surface area contributed by atoms with E-state index in [1.807, 2.05) is 39.0 Å². The molecule has 0 bridgehead atoms. The molecule has 0 saturated carbocycles. The zero-order valence-corrected chi connectivity index (χ0v) is 24.0. The van der Waals surface area contributed by atoms with E-state index in [0.29, 0.717) is 62.7 Å². The maximum Gasteiger partial charge on any atom is 0.430 e. The van der Waals surface area contributed by atoms with Gasteiger partial charge in [0.05, 0.1) is 13.2 Å². The maximum absolute atomic E-state index is 13.1. The van der Waals surface area contributed by atoms with Crippen molar-refractivity contribution in [3.63, 3.8) is 0 Å². The molecule has 0 spiro atoms. The van der Waals surface area contributed by atoms with Crippen LogP contribution in [0.5, 0.6) is 5.75 Å². The molecule has 0 aromatic heterocycles. The van der Waals surface area contributed by atoms with Crippen LogP contribution in [0.4, 0.5) is 26.3 Å². The van der Waals surface area contributed by atoms with Crippen molar-refractivity contribution in [3.8, 4) is 5.75 Å². The summed E-state index contributed by atoms with van der Waals surface area (Å²) in [5.74, 6) is 0.483. The monoisotopic (exact) mass is 588 g/mol. The van der Waals surface area contributed by atoms with E-state index >= 15 is 0 Å². The number of hydrogen-bond donors (Lipinski definition) is 1. The Morgan fingerprint density at radius 2 is 1.41 bits per heavy atom. The van der Waals surface area contributed by atoms with Gasteiger partial charge in [-0.2, -0.15) is 26.3 Å². The van der Waals surface area contributed by atoms with E-state index in [1.165, 1.54) is 6.07 Å². The van der Waals surface area contributed by atoms with Gasteiger partial charge in [-0.25, -0.2) is 0 Å².